The van der Waals surface area contributed by atoms with Crippen LogP contribution in [0.1, 0.15) is 34.1 Å². The normalized spacial score (nSPS) is 42.7. The van der Waals surface area contributed by atoms with Crippen molar-refractivity contribution < 1.29 is 29.0 Å². The molecule has 0 bridgehead atoms. The van der Waals surface area contributed by atoms with Crippen molar-refractivity contribution >= 4 is 17.7 Å². The number of rotatable bonds is 3. The minimum atomic E-state index is -1.07. The zero-order chi connectivity index (χ0) is 19.4. The largest absolute Gasteiger partial charge is 0.460 e. The van der Waals surface area contributed by atoms with Crippen molar-refractivity contribution in [2.24, 2.45) is 29.1 Å². The van der Waals surface area contributed by atoms with Crippen molar-refractivity contribution in [3.8, 4) is 0 Å². The van der Waals surface area contributed by atoms with Gasteiger partial charge in [-0.3, -0.25) is 9.59 Å². The van der Waals surface area contributed by atoms with Crippen molar-refractivity contribution in [1.82, 2.24) is 0 Å². The Morgan fingerprint density at radius 1 is 1.46 bits per heavy atom. The van der Waals surface area contributed by atoms with Gasteiger partial charge in [0.1, 0.15) is 12.2 Å². The molecule has 0 aromatic rings. The molecule has 1 aliphatic heterocycles. The van der Waals surface area contributed by atoms with Crippen LogP contribution >= 0.6 is 0 Å². The van der Waals surface area contributed by atoms with Crippen LogP contribution in [0.15, 0.2) is 24.3 Å². The second-order valence-electron chi connectivity index (χ2n) is 7.97. The highest BCUT2D eigenvalue weighted by Crippen LogP contribution is 2.54. The van der Waals surface area contributed by atoms with Gasteiger partial charge in [0, 0.05) is 5.57 Å². The smallest absolute Gasteiger partial charge is 0.334 e. The van der Waals surface area contributed by atoms with Gasteiger partial charge in [-0.15, -0.1) is 0 Å². The zero-order valence-corrected chi connectivity index (χ0v) is 15.6. The molecule has 8 unspecified atom stereocenters. The molecule has 1 saturated carbocycles. The van der Waals surface area contributed by atoms with E-state index in [2.05, 4.69) is 6.58 Å². The quantitative estimate of drug-likeness (QED) is 0.608. The minimum absolute atomic E-state index is 0.143. The van der Waals surface area contributed by atoms with Gasteiger partial charge < -0.3 is 14.6 Å². The van der Waals surface area contributed by atoms with Gasteiger partial charge in [-0.2, -0.15) is 0 Å². The Kier molecular flexibility index (Phi) is 4.59. The number of aliphatic hydroxyl groups excluding tert-OH is 1. The third kappa shape index (κ3) is 2.46. The summed E-state index contributed by atoms with van der Waals surface area (Å²) in [4.78, 5) is 37.5. The van der Waals surface area contributed by atoms with Crippen LogP contribution in [0.2, 0.25) is 0 Å². The fourth-order valence-electron chi connectivity index (χ4n) is 4.52. The summed E-state index contributed by atoms with van der Waals surface area (Å²) in [5.41, 5.74) is -0.926. The van der Waals surface area contributed by atoms with Crippen LogP contribution in [0, 0.1) is 29.1 Å². The van der Waals surface area contributed by atoms with Crippen LogP contribution in [-0.4, -0.2) is 41.1 Å². The number of ketones is 1. The van der Waals surface area contributed by atoms with E-state index in [1.165, 1.54) is 6.08 Å². The molecular formula is C20H26O6. The molecular weight excluding hydrogens is 336 g/mol. The molecule has 0 aromatic heterocycles. The van der Waals surface area contributed by atoms with Gasteiger partial charge >= 0.3 is 11.9 Å². The van der Waals surface area contributed by atoms with Gasteiger partial charge in [-0.1, -0.05) is 33.4 Å². The van der Waals surface area contributed by atoms with Crippen LogP contribution in [0.3, 0.4) is 0 Å². The van der Waals surface area contributed by atoms with E-state index in [0.29, 0.717) is 6.42 Å². The SMILES string of the molecule is C=C1C(=O)OC2C(O)C(C)C3C=CC(=O)C3(C)C(OC(=O)C(C)CC)C12. The maximum Gasteiger partial charge on any atom is 0.334 e. The van der Waals surface area contributed by atoms with E-state index in [9.17, 15) is 19.5 Å². The molecule has 6 nitrogen and oxygen atoms in total. The third-order valence-electron chi connectivity index (χ3n) is 6.56. The van der Waals surface area contributed by atoms with Crippen LogP contribution in [0.25, 0.3) is 0 Å². The molecule has 8 atom stereocenters. The first-order valence-corrected chi connectivity index (χ1v) is 9.15. The topological polar surface area (TPSA) is 89.9 Å². The van der Waals surface area contributed by atoms with E-state index in [-0.39, 0.29) is 29.1 Å². The Morgan fingerprint density at radius 2 is 2.12 bits per heavy atom. The Morgan fingerprint density at radius 3 is 2.73 bits per heavy atom. The molecule has 6 heteroatoms. The summed E-state index contributed by atoms with van der Waals surface area (Å²) in [5.74, 6) is -2.96. The van der Waals surface area contributed by atoms with Gasteiger partial charge in [-0.25, -0.2) is 4.79 Å². The first-order valence-electron chi connectivity index (χ1n) is 9.15. The predicted molar refractivity (Wildman–Crippen MR) is 92.8 cm³/mol. The monoisotopic (exact) mass is 362 g/mol. The summed E-state index contributed by atoms with van der Waals surface area (Å²) >= 11 is 0. The van der Waals surface area contributed by atoms with E-state index in [0.717, 1.165) is 0 Å². The second-order valence-corrected chi connectivity index (χ2v) is 7.97. The highest BCUT2D eigenvalue weighted by molar-refractivity contribution is 5.99. The highest BCUT2D eigenvalue weighted by atomic mass is 16.6. The number of carbonyl (C=O) groups is 3. The van der Waals surface area contributed by atoms with E-state index in [1.807, 2.05) is 13.8 Å². The lowest BCUT2D eigenvalue weighted by molar-refractivity contribution is -0.169. The number of carbonyl (C=O) groups excluding carboxylic acids is 3. The first-order chi connectivity index (χ1) is 12.1. The van der Waals surface area contributed by atoms with Crippen LogP contribution < -0.4 is 0 Å². The van der Waals surface area contributed by atoms with Crippen molar-refractivity contribution in [2.75, 3.05) is 0 Å². The summed E-state index contributed by atoms with van der Waals surface area (Å²) in [6.45, 7) is 11.0. The highest BCUT2D eigenvalue weighted by Gasteiger charge is 2.64. The Labute approximate surface area is 153 Å². The number of allylic oxidation sites excluding steroid dienone is 2. The van der Waals surface area contributed by atoms with Gasteiger partial charge in [0.25, 0.3) is 0 Å². The van der Waals surface area contributed by atoms with Crippen molar-refractivity contribution in [3.05, 3.63) is 24.3 Å². The lowest BCUT2D eigenvalue weighted by Gasteiger charge is -2.39. The van der Waals surface area contributed by atoms with Gasteiger partial charge in [-0.05, 0) is 31.3 Å². The van der Waals surface area contributed by atoms with Crippen molar-refractivity contribution in [2.45, 2.75) is 52.4 Å². The molecule has 2 aliphatic carbocycles. The number of hydrogen-bond donors (Lipinski definition) is 1. The molecule has 3 aliphatic rings. The summed E-state index contributed by atoms with van der Waals surface area (Å²) < 4.78 is 11.2. The number of aliphatic hydroxyl groups is 1. The van der Waals surface area contributed by atoms with E-state index in [1.54, 1.807) is 19.9 Å². The van der Waals surface area contributed by atoms with Crippen LogP contribution in [0.4, 0.5) is 0 Å². The average Bonchev–Trinajstić information content (AvgIpc) is 3.06. The molecule has 1 heterocycles. The predicted octanol–water partition coefficient (Wildman–Crippen LogP) is 1.81. The van der Waals surface area contributed by atoms with Crippen molar-refractivity contribution in [1.29, 1.82) is 0 Å². The summed E-state index contributed by atoms with van der Waals surface area (Å²) in [6, 6.07) is 0. The molecule has 2 fully saturated rings. The Hall–Kier alpha value is -1.95. The molecule has 142 valence electrons. The lowest BCUT2D eigenvalue weighted by atomic mass is 9.67. The van der Waals surface area contributed by atoms with Crippen LogP contribution in [-0.2, 0) is 23.9 Å². The van der Waals surface area contributed by atoms with Gasteiger partial charge in [0.05, 0.1) is 23.4 Å². The number of ether oxygens (including phenoxy) is 2. The Bertz CT molecular complexity index is 694. The van der Waals surface area contributed by atoms with Gasteiger partial charge in [0.15, 0.2) is 5.78 Å². The maximum absolute atomic E-state index is 12.8. The van der Waals surface area contributed by atoms with E-state index < -0.39 is 41.6 Å². The van der Waals surface area contributed by atoms with E-state index >= 15 is 0 Å². The fraction of sp³-hybridized carbons (Fsp3) is 0.650. The summed E-state index contributed by atoms with van der Waals surface area (Å²) in [6.07, 6.45) is 1.09. The number of fused-ring (bicyclic) bond motifs is 2. The molecule has 3 rings (SSSR count). The number of hydrogen-bond acceptors (Lipinski definition) is 6. The molecule has 0 amide bonds. The molecule has 1 saturated heterocycles. The molecule has 0 radical (unpaired) electrons. The zero-order valence-electron chi connectivity index (χ0n) is 15.6. The van der Waals surface area contributed by atoms with Gasteiger partial charge in [0.2, 0.25) is 0 Å². The summed E-state index contributed by atoms with van der Waals surface area (Å²) in [5, 5.41) is 10.8. The van der Waals surface area contributed by atoms with Crippen molar-refractivity contribution in [3.63, 3.8) is 0 Å². The average molecular weight is 362 g/mol. The maximum atomic E-state index is 12.8. The molecule has 0 aromatic carbocycles. The molecule has 26 heavy (non-hydrogen) atoms. The second kappa shape index (κ2) is 6.34. The molecule has 0 spiro atoms. The summed E-state index contributed by atoms with van der Waals surface area (Å²) in [7, 11) is 0. The minimum Gasteiger partial charge on any atom is -0.460 e. The lowest BCUT2D eigenvalue weighted by Crippen LogP contribution is -2.49. The Balaban J connectivity index is 2.11. The number of esters is 2. The third-order valence-corrected chi connectivity index (χ3v) is 6.56. The standard InChI is InChI=1S/C20H26O6/c1-6-9(2)18(23)26-17-14-11(4)19(24)25-16(14)15(22)10(3)12-7-8-13(21)20(12,17)5/h7-10,12,14-17,22H,4,6H2,1-3,5H3. The first kappa shape index (κ1) is 18.8. The molecule has 1 N–H and O–H groups in total. The fourth-order valence-corrected chi connectivity index (χ4v) is 4.52. The van der Waals surface area contributed by atoms with Crippen LogP contribution in [0.5, 0.6) is 0 Å². The van der Waals surface area contributed by atoms with E-state index in [4.69, 9.17) is 9.47 Å².